The Labute approximate surface area is 113 Å². The van der Waals surface area contributed by atoms with Crippen LogP contribution in [0.3, 0.4) is 0 Å². The van der Waals surface area contributed by atoms with E-state index in [0.717, 1.165) is 31.7 Å². The monoisotopic (exact) mass is 258 g/mol. The summed E-state index contributed by atoms with van der Waals surface area (Å²) in [5.74, 6) is 4.60. The first-order chi connectivity index (χ1) is 9.15. The van der Waals surface area contributed by atoms with Crippen molar-refractivity contribution in [1.82, 2.24) is 4.90 Å². The number of nitrogens with zero attached hydrogens (tertiary/aromatic N) is 2. The summed E-state index contributed by atoms with van der Waals surface area (Å²) in [4.78, 5) is 15.0. The second kappa shape index (κ2) is 6.26. The fourth-order valence-corrected chi connectivity index (χ4v) is 2.04. The molecule has 0 bridgehead atoms. The molecule has 1 fully saturated rings. The van der Waals surface area contributed by atoms with Crippen molar-refractivity contribution in [2.75, 3.05) is 38.1 Å². The third-order valence-corrected chi connectivity index (χ3v) is 3.21. The van der Waals surface area contributed by atoms with E-state index >= 15 is 0 Å². The first kappa shape index (κ1) is 13.4. The van der Waals surface area contributed by atoms with Crippen molar-refractivity contribution in [1.29, 1.82) is 0 Å². The van der Waals surface area contributed by atoms with Crippen LogP contribution >= 0.6 is 0 Å². The van der Waals surface area contributed by atoms with E-state index in [1.807, 2.05) is 12.1 Å². The van der Waals surface area contributed by atoms with Gasteiger partial charge < -0.3 is 14.9 Å². The maximum atomic E-state index is 10.4. The van der Waals surface area contributed by atoms with Crippen molar-refractivity contribution < 1.29 is 9.90 Å². The van der Waals surface area contributed by atoms with Gasteiger partial charge in [0.15, 0.2) is 0 Å². The van der Waals surface area contributed by atoms with Gasteiger partial charge >= 0.3 is 5.97 Å². The molecule has 4 heteroatoms. The third-order valence-electron chi connectivity index (χ3n) is 3.21. The summed E-state index contributed by atoms with van der Waals surface area (Å²) in [5, 5.41) is 8.51. The lowest BCUT2D eigenvalue weighted by molar-refractivity contribution is -0.135. The molecule has 0 saturated carbocycles. The molecule has 4 nitrogen and oxygen atoms in total. The summed E-state index contributed by atoms with van der Waals surface area (Å²) >= 11 is 0. The highest BCUT2D eigenvalue weighted by Crippen LogP contribution is 2.16. The Hall–Kier alpha value is -1.99. The lowest BCUT2D eigenvalue weighted by Gasteiger charge is -2.34. The highest BCUT2D eigenvalue weighted by molar-refractivity contribution is 5.70. The van der Waals surface area contributed by atoms with E-state index in [4.69, 9.17) is 5.11 Å². The molecular formula is C15H18N2O2. The van der Waals surface area contributed by atoms with Gasteiger partial charge in [0.05, 0.1) is 0 Å². The minimum atomic E-state index is -0.887. The summed E-state index contributed by atoms with van der Waals surface area (Å²) in [6.45, 7) is 4.25. The third kappa shape index (κ3) is 4.01. The van der Waals surface area contributed by atoms with E-state index in [1.165, 1.54) is 5.69 Å². The highest BCUT2D eigenvalue weighted by atomic mass is 16.4. The molecule has 0 unspecified atom stereocenters. The van der Waals surface area contributed by atoms with Crippen LogP contribution in [-0.2, 0) is 4.79 Å². The van der Waals surface area contributed by atoms with Crippen LogP contribution in [0.1, 0.15) is 12.0 Å². The van der Waals surface area contributed by atoms with Crippen LogP contribution in [0.15, 0.2) is 24.3 Å². The molecule has 2 rings (SSSR count). The Balaban J connectivity index is 1.97. The number of carboxylic acids is 1. The van der Waals surface area contributed by atoms with Gasteiger partial charge in [0.25, 0.3) is 0 Å². The van der Waals surface area contributed by atoms with Crippen molar-refractivity contribution in [2.24, 2.45) is 0 Å². The van der Waals surface area contributed by atoms with Crippen molar-refractivity contribution in [3.05, 3.63) is 29.8 Å². The molecule has 0 radical (unpaired) electrons. The number of hydrogen-bond acceptors (Lipinski definition) is 3. The summed E-state index contributed by atoms with van der Waals surface area (Å²) in [6.07, 6.45) is -0.111. The molecule has 1 aliphatic heterocycles. The second-order valence-electron chi connectivity index (χ2n) is 4.71. The molecule has 0 aromatic heterocycles. The zero-order valence-corrected chi connectivity index (χ0v) is 11.1. The molecule has 1 N–H and O–H groups in total. The van der Waals surface area contributed by atoms with Crippen molar-refractivity contribution in [3.63, 3.8) is 0 Å². The van der Waals surface area contributed by atoms with Gasteiger partial charge in [0, 0.05) is 37.4 Å². The Morgan fingerprint density at radius 1 is 1.21 bits per heavy atom. The van der Waals surface area contributed by atoms with Crippen LogP contribution in [0.5, 0.6) is 0 Å². The highest BCUT2D eigenvalue weighted by Gasteiger charge is 2.13. The first-order valence-corrected chi connectivity index (χ1v) is 6.39. The molecular weight excluding hydrogens is 240 g/mol. The summed E-state index contributed by atoms with van der Waals surface area (Å²) < 4.78 is 0. The molecule has 1 heterocycles. The van der Waals surface area contributed by atoms with Crippen molar-refractivity contribution in [2.45, 2.75) is 6.42 Å². The fourth-order valence-electron chi connectivity index (χ4n) is 2.04. The number of hydrogen-bond donors (Lipinski definition) is 1. The Kier molecular flexibility index (Phi) is 4.43. The van der Waals surface area contributed by atoms with E-state index in [0.29, 0.717) is 0 Å². The predicted molar refractivity (Wildman–Crippen MR) is 75.3 cm³/mol. The molecule has 0 spiro atoms. The molecule has 100 valence electrons. The molecule has 0 atom stereocenters. The van der Waals surface area contributed by atoms with Crippen LogP contribution in [0, 0.1) is 11.8 Å². The zero-order valence-electron chi connectivity index (χ0n) is 11.1. The van der Waals surface area contributed by atoms with Gasteiger partial charge in [0.2, 0.25) is 0 Å². The minimum absolute atomic E-state index is 0.111. The van der Waals surface area contributed by atoms with E-state index in [-0.39, 0.29) is 6.42 Å². The number of carbonyl (C=O) groups is 1. The summed E-state index contributed by atoms with van der Waals surface area (Å²) in [5.41, 5.74) is 2.07. The van der Waals surface area contributed by atoms with E-state index < -0.39 is 5.97 Å². The first-order valence-electron chi connectivity index (χ1n) is 6.39. The van der Waals surface area contributed by atoms with Gasteiger partial charge in [-0.05, 0) is 31.3 Å². The van der Waals surface area contributed by atoms with Crippen LogP contribution in [0.2, 0.25) is 0 Å². The zero-order chi connectivity index (χ0) is 13.7. The quantitative estimate of drug-likeness (QED) is 0.811. The Morgan fingerprint density at radius 3 is 2.42 bits per heavy atom. The summed E-state index contributed by atoms with van der Waals surface area (Å²) in [6, 6.07) is 8.00. The van der Waals surface area contributed by atoms with E-state index in [2.05, 4.69) is 40.8 Å². The number of rotatable bonds is 2. The van der Waals surface area contributed by atoms with Crippen LogP contribution < -0.4 is 4.90 Å². The maximum Gasteiger partial charge on any atom is 0.315 e. The largest absolute Gasteiger partial charge is 0.481 e. The SMILES string of the molecule is CN1CCN(c2ccc(C#CCC(=O)O)cc2)CC1. The van der Waals surface area contributed by atoms with E-state index in [9.17, 15) is 4.79 Å². The molecule has 0 amide bonds. The molecule has 1 saturated heterocycles. The normalized spacial score (nSPS) is 15.7. The maximum absolute atomic E-state index is 10.4. The van der Waals surface area contributed by atoms with E-state index in [1.54, 1.807) is 0 Å². The van der Waals surface area contributed by atoms with Gasteiger partial charge in [-0.2, -0.15) is 0 Å². The second-order valence-corrected chi connectivity index (χ2v) is 4.71. The number of anilines is 1. The van der Waals surface area contributed by atoms with Gasteiger partial charge in [-0.15, -0.1) is 0 Å². The average molecular weight is 258 g/mol. The molecule has 19 heavy (non-hydrogen) atoms. The van der Waals surface area contributed by atoms with Gasteiger partial charge in [-0.1, -0.05) is 11.8 Å². The van der Waals surface area contributed by atoms with Crippen molar-refractivity contribution >= 4 is 11.7 Å². The van der Waals surface area contributed by atoms with Gasteiger partial charge in [0.1, 0.15) is 6.42 Å². The lowest BCUT2D eigenvalue weighted by atomic mass is 10.2. The molecule has 0 aliphatic carbocycles. The topological polar surface area (TPSA) is 43.8 Å². The fraction of sp³-hybridized carbons (Fsp3) is 0.400. The standard InChI is InChI=1S/C15H18N2O2/c1-16-9-11-17(12-10-16)14-7-5-13(6-8-14)3-2-4-15(18)19/h5-8H,4,9-12H2,1H3,(H,18,19). The number of carboxylic acid groups (broad SMARTS) is 1. The van der Waals surface area contributed by atoms with Crippen molar-refractivity contribution in [3.8, 4) is 11.8 Å². The molecule has 1 aromatic carbocycles. The minimum Gasteiger partial charge on any atom is -0.481 e. The average Bonchev–Trinajstić information content (AvgIpc) is 2.40. The molecule has 1 aliphatic rings. The number of benzene rings is 1. The number of likely N-dealkylation sites (N-methyl/N-ethyl adjacent to an activating group) is 1. The van der Waals surface area contributed by atoms with Crippen LogP contribution in [0.25, 0.3) is 0 Å². The molecule has 1 aromatic rings. The predicted octanol–water partition coefficient (Wildman–Crippen LogP) is 1.26. The number of piperazine rings is 1. The number of aliphatic carboxylic acids is 1. The smallest absolute Gasteiger partial charge is 0.315 e. The Morgan fingerprint density at radius 2 is 1.84 bits per heavy atom. The van der Waals surface area contributed by atoms with Crippen LogP contribution in [0.4, 0.5) is 5.69 Å². The lowest BCUT2D eigenvalue weighted by Crippen LogP contribution is -2.44. The van der Waals surface area contributed by atoms with Gasteiger partial charge in [-0.25, -0.2) is 0 Å². The van der Waals surface area contributed by atoms with Gasteiger partial charge in [-0.3, -0.25) is 4.79 Å². The van der Waals surface area contributed by atoms with Crippen LogP contribution in [-0.4, -0.2) is 49.2 Å². The Bertz CT molecular complexity index is 491. The summed E-state index contributed by atoms with van der Waals surface area (Å²) in [7, 11) is 2.14.